The lowest BCUT2D eigenvalue weighted by molar-refractivity contribution is 0.145. The van der Waals surface area contributed by atoms with Gasteiger partial charge in [-0.2, -0.15) is 0 Å². The molecule has 0 unspecified atom stereocenters. The van der Waals surface area contributed by atoms with Gasteiger partial charge >= 0.3 is 0 Å². The van der Waals surface area contributed by atoms with Crippen molar-refractivity contribution in [1.82, 2.24) is 9.55 Å². The van der Waals surface area contributed by atoms with Gasteiger partial charge in [-0.05, 0) is 18.2 Å². The fourth-order valence-corrected chi connectivity index (χ4v) is 2.65. The van der Waals surface area contributed by atoms with Gasteiger partial charge in [-0.25, -0.2) is 4.98 Å². The molecule has 4 rings (SSSR count). The Hall–Kier alpha value is -2.39. The maximum Gasteiger partial charge on any atom is 0.0938 e. The van der Waals surface area contributed by atoms with Crippen LogP contribution in [0.25, 0.3) is 28.4 Å². The summed E-state index contributed by atoms with van der Waals surface area (Å²) in [6.45, 7) is 1.19. The number of ether oxygens (including phenoxy) is 1. The first kappa shape index (κ1) is 11.4. The van der Waals surface area contributed by atoms with Gasteiger partial charge in [0.2, 0.25) is 0 Å². The van der Waals surface area contributed by atoms with Gasteiger partial charge in [-0.15, -0.1) is 0 Å². The maximum atomic E-state index is 5.70. The monoisotopic (exact) mass is 262 g/mol. The fourth-order valence-electron chi connectivity index (χ4n) is 2.65. The van der Waals surface area contributed by atoms with Crippen molar-refractivity contribution in [1.29, 1.82) is 0 Å². The van der Waals surface area contributed by atoms with E-state index in [4.69, 9.17) is 9.72 Å². The van der Waals surface area contributed by atoms with Crippen LogP contribution < -0.4 is 0 Å². The number of hydrogen-bond donors (Lipinski definition) is 0. The molecule has 3 aliphatic rings. The topological polar surface area (TPSA) is 27.1 Å². The van der Waals surface area contributed by atoms with Crippen LogP contribution in [0.3, 0.4) is 0 Å². The number of rotatable bonds is 0. The van der Waals surface area contributed by atoms with Gasteiger partial charge in [-0.3, -0.25) is 0 Å². The summed E-state index contributed by atoms with van der Waals surface area (Å²) in [5.41, 5.74) is 4.36. The molecule has 1 aromatic rings. The van der Waals surface area contributed by atoms with Crippen LogP contribution in [0.5, 0.6) is 0 Å². The van der Waals surface area contributed by atoms with Gasteiger partial charge in [0.15, 0.2) is 0 Å². The smallest absolute Gasteiger partial charge is 0.0938 e. The molecule has 0 fully saturated rings. The molecule has 3 aliphatic heterocycles. The third-order valence-electron chi connectivity index (χ3n) is 3.62. The van der Waals surface area contributed by atoms with Crippen molar-refractivity contribution in [2.45, 2.75) is 6.61 Å². The highest BCUT2D eigenvalue weighted by molar-refractivity contribution is 5.97. The SMILES string of the molecule is C1=C\COCc2c3nc4ccccc4c-3ccn2/C=C/1. The summed E-state index contributed by atoms with van der Waals surface area (Å²) in [4.78, 5) is 4.78. The summed E-state index contributed by atoms with van der Waals surface area (Å²) in [6, 6.07) is 10.4. The molecule has 3 heteroatoms. The Morgan fingerprint density at radius 2 is 2.05 bits per heavy atom. The molecule has 0 amide bonds. The Balaban J connectivity index is 2.01. The van der Waals surface area contributed by atoms with Crippen LogP contribution in [0.15, 0.2) is 54.8 Å². The minimum absolute atomic E-state index is 0.565. The molecule has 0 saturated heterocycles. The second-order valence-electron chi connectivity index (χ2n) is 4.85. The quantitative estimate of drug-likeness (QED) is 0.617. The number of allylic oxidation sites excluding steroid dienone is 2. The zero-order valence-corrected chi connectivity index (χ0v) is 11.0. The second-order valence-corrected chi connectivity index (χ2v) is 4.85. The number of pyridine rings is 1. The van der Waals surface area contributed by atoms with Gasteiger partial charge in [0.25, 0.3) is 0 Å². The van der Waals surface area contributed by atoms with Crippen LogP contribution in [0, 0.1) is 0 Å². The molecule has 0 saturated carbocycles. The van der Waals surface area contributed by atoms with E-state index in [9.17, 15) is 0 Å². The number of nitrogens with zero attached hydrogens (tertiary/aromatic N) is 2. The molecule has 3 heterocycles. The third-order valence-corrected chi connectivity index (χ3v) is 3.62. The fraction of sp³-hybridized carbons (Fsp3) is 0.118. The number of aromatic nitrogens is 2. The number of benzene rings is 1. The number of fused-ring (bicyclic) bond motifs is 5. The standard InChI is InChI=1S/C17H14N2O/c1-4-9-19-10-8-14-13-6-2-3-7-15(13)18-17(14)16(19)12-20-11-5-1/h1-10H,11-12H2/b5-1-,9-4+. The lowest BCUT2D eigenvalue weighted by atomic mass is 10.1. The molecule has 20 heavy (non-hydrogen) atoms. The Labute approximate surface area is 117 Å². The lowest BCUT2D eigenvalue weighted by Gasteiger charge is -2.13. The normalized spacial score (nSPS) is 18.2. The van der Waals surface area contributed by atoms with Crippen molar-refractivity contribution < 1.29 is 4.74 Å². The van der Waals surface area contributed by atoms with E-state index >= 15 is 0 Å². The molecule has 0 spiro atoms. The lowest BCUT2D eigenvalue weighted by Crippen LogP contribution is -2.05. The van der Waals surface area contributed by atoms with E-state index in [2.05, 4.69) is 35.0 Å². The van der Waals surface area contributed by atoms with E-state index in [-0.39, 0.29) is 0 Å². The Morgan fingerprint density at radius 3 is 3.05 bits per heavy atom. The van der Waals surface area contributed by atoms with Crippen LogP contribution >= 0.6 is 0 Å². The van der Waals surface area contributed by atoms with Crippen molar-refractivity contribution in [3.63, 3.8) is 0 Å². The molecule has 98 valence electrons. The average molecular weight is 262 g/mol. The van der Waals surface area contributed by atoms with E-state index < -0.39 is 0 Å². The van der Waals surface area contributed by atoms with Crippen LogP contribution in [0.1, 0.15) is 5.69 Å². The third kappa shape index (κ3) is 1.75. The molecular formula is C17H14N2O. The van der Waals surface area contributed by atoms with Gasteiger partial charge in [-0.1, -0.05) is 30.4 Å². The van der Waals surface area contributed by atoms with Gasteiger partial charge < -0.3 is 9.30 Å². The zero-order valence-electron chi connectivity index (χ0n) is 11.0. The Bertz CT molecular complexity index is 798. The minimum atomic E-state index is 0.565. The van der Waals surface area contributed by atoms with Crippen molar-refractivity contribution in [2.24, 2.45) is 0 Å². The molecule has 0 atom stereocenters. The first-order valence-corrected chi connectivity index (χ1v) is 6.73. The van der Waals surface area contributed by atoms with E-state index in [1.807, 2.05) is 30.5 Å². The first-order valence-electron chi connectivity index (χ1n) is 6.73. The van der Waals surface area contributed by atoms with Crippen LogP contribution in [0.4, 0.5) is 0 Å². The van der Waals surface area contributed by atoms with Crippen molar-refractivity contribution >= 4 is 17.1 Å². The van der Waals surface area contributed by atoms with Crippen LogP contribution in [0.2, 0.25) is 0 Å². The van der Waals surface area contributed by atoms with Gasteiger partial charge in [0.1, 0.15) is 0 Å². The van der Waals surface area contributed by atoms with E-state index in [0.717, 1.165) is 16.9 Å². The predicted molar refractivity (Wildman–Crippen MR) is 80.5 cm³/mol. The van der Waals surface area contributed by atoms with Gasteiger partial charge in [0, 0.05) is 23.3 Å². The molecule has 3 nitrogen and oxygen atoms in total. The van der Waals surface area contributed by atoms with Gasteiger partial charge in [0.05, 0.1) is 30.1 Å². The highest BCUT2D eigenvalue weighted by Gasteiger charge is 2.17. The molecule has 0 aromatic heterocycles. The predicted octanol–water partition coefficient (Wildman–Crippen LogP) is 3.70. The zero-order chi connectivity index (χ0) is 13.4. The van der Waals surface area contributed by atoms with E-state index in [0.29, 0.717) is 13.2 Å². The van der Waals surface area contributed by atoms with Crippen LogP contribution in [-0.4, -0.2) is 16.2 Å². The highest BCUT2D eigenvalue weighted by Crippen LogP contribution is 2.33. The summed E-state index contributed by atoms with van der Waals surface area (Å²) in [7, 11) is 0. The van der Waals surface area contributed by atoms with Crippen molar-refractivity contribution in [3.05, 3.63) is 60.5 Å². The van der Waals surface area contributed by atoms with E-state index in [1.165, 1.54) is 10.9 Å². The average Bonchev–Trinajstić information content (AvgIpc) is 2.90. The summed E-state index contributed by atoms with van der Waals surface area (Å²) in [5.74, 6) is 0. The summed E-state index contributed by atoms with van der Waals surface area (Å²) < 4.78 is 7.78. The van der Waals surface area contributed by atoms with Crippen molar-refractivity contribution in [3.8, 4) is 11.3 Å². The maximum absolute atomic E-state index is 5.70. The Morgan fingerprint density at radius 1 is 1.10 bits per heavy atom. The second kappa shape index (κ2) is 4.62. The molecule has 0 aliphatic carbocycles. The molecule has 0 radical (unpaired) electrons. The first-order chi connectivity index (χ1) is 9.93. The Kier molecular flexibility index (Phi) is 2.64. The van der Waals surface area contributed by atoms with E-state index in [1.54, 1.807) is 0 Å². The minimum Gasteiger partial charge on any atom is -0.371 e. The molecular weight excluding hydrogens is 248 g/mol. The van der Waals surface area contributed by atoms with Crippen molar-refractivity contribution in [2.75, 3.05) is 6.61 Å². The largest absolute Gasteiger partial charge is 0.371 e. The summed E-state index contributed by atoms with van der Waals surface area (Å²) in [5, 5.41) is 1.20. The molecule has 1 aromatic carbocycles. The van der Waals surface area contributed by atoms with Crippen LogP contribution in [-0.2, 0) is 11.3 Å². The number of para-hydroxylation sites is 1. The summed E-state index contributed by atoms with van der Waals surface area (Å²) >= 11 is 0. The molecule has 0 N–H and O–H groups in total. The number of hydrogen-bond acceptors (Lipinski definition) is 2. The summed E-state index contributed by atoms with van der Waals surface area (Å²) in [6.07, 6.45) is 10.1. The highest BCUT2D eigenvalue weighted by atomic mass is 16.5. The molecule has 0 bridgehead atoms.